The highest BCUT2D eigenvalue weighted by atomic mass is 19.4. The lowest BCUT2D eigenvalue weighted by Gasteiger charge is -2.21. The molecule has 2 aromatic rings. The normalized spacial score (nSPS) is 13.4. The first-order valence-electron chi connectivity index (χ1n) is 5.94. The fourth-order valence-electron chi connectivity index (χ4n) is 2.21. The van der Waals surface area contributed by atoms with Crippen molar-refractivity contribution in [1.29, 1.82) is 0 Å². The number of hydrogen-bond donors (Lipinski definition) is 1. The van der Waals surface area contributed by atoms with Crippen molar-refractivity contribution in [3.05, 3.63) is 41.6 Å². The third kappa shape index (κ3) is 2.89. The van der Waals surface area contributed by atoms with Crippen LogP contribution in [0.25, 0.3) is 10.9 Å². The lowest BCUT2D eigenvalue weighted by molar-refractivity contribution is -0.163. The van der Waals surface area contributed by atoms with Crippen LogP contribution in [0.1, 0.15) is 23.6 Å². The molecule has 1 aromatic heterocycles. The number of aliphatic carboxylic acids is 1. The average molecular weight is 283 g/mol. The SMILES string of the molecule is Cc1cc(C(CC(=O)O)C(F)(F)F)c2ccccc2n1. The molecule has 1 heterocycles. The van der Waals surface area contributed by atoms with Gasteiger partial charge in [0.05, 0.1) is 17.9 Å². The van der Waals surface area contributed by atoms with Crippen LogP contribution in [0, 0.1) is 6.92 Å². The Morgan fingerprint density at radius 2 is 2.00 bits per heavy atom. The van der Waals surface area contributed by atoms with Crippen molar-refractivity contribution >= 4 is 16.9 Å². The van der Waals surface area contributed by atoms with Gasteiger partial charge in [0, 0.05) is 11.1 Å². The summed E-state index contributed by atoms with van der Waals surface area (Å²) in [6.45, 7) is 1.59. The van der Waals surface area contributed by atoms with E-state index in [1.54, 1.807) is 25.1 Å². The minimum absolute atomic E-state index is 0.0389. The number of carboxylic acid groups (broad SMARTS) is 1. The highest BCUT2D eigenvalue weighted by Gasteiger charge is 2.42. The molecule has 0 fully saturated rings. The Hall–Kier alpha value is -2.11. The van der Waals surface area contributed by atoms with Gasteiger partial charge >= 0.3 is 12.1 Å². The van der Waals surface area contributed by atoms with Crippen molar-refractivity contribution in [2.24, 2.45) is 0 Å². The number of carbonyl (C=O) groups is 1. The fourth-order valence-corrected chi connectivity index (χ4v) is 2.21. The van der Waals surface area contributed by atoms with Gasteiger partial charge < -0.3 is 5.11 Å². The fraction of sp³-hybridized carbons (Fsp3) is 0.286. The number of aromatic nitrogens is 1. The smallest absolute Gasteiger partial charge is 0.396 e. The second kappa shape index (κ2) is 5.11. The molecule has 0 spiro atoms. The van der Waals surface area contributed by atoms with Crippen LogP contribution >= 0.6 is 0 Å². The van der Waals surface area contributed by atoms with Gasteiger partial charge in [-0.3, -0.25) is 9.78 Å². The lowest BCUT2D eigenvalue weighted by Crippen LogP contribution is -2.24. The molecular weight excluding hydrogens is 271 g/mol. The maximum absolute atomic E-state index is 13.1. The van der Waals surface area contributed by atoms with E-state index < -0.39 is 24.5 Å². The Kier molecular flexibility index (Phi) is 3.65. The Labute approximate surface area is 113 Å². The van der Waals surface area contributed by atoms with Gasteiger partial charge in [-0.15, -0.1) is 0 Å². The van der Waals surface area contributed by atoms with E-state index in [1.165, 1.54) is 12.1 Å². The van der Waals surface area contributed by atoms with Crippen molar-refractivity contribution in [3.63, 3.8) is 0 Å². The van der Waals surface area contributed by atoms with Crippen LogP contribution in [0.5, 0.6) is 0 Å². The largest absolute Gasteiger partial charge is 0.481 e. The Balaban J connectivity index is 2.66. The number of benzene rings is 1. The minimum Gasteiger partial charge on any atom is -0.481 e. The molecule has 1 atom stereocenters. The van der Waals surface area contributed by atoms with E-state index in [2.05, 4.69) is 4.98 Å². The summed E-state index contributed by atoms with van der Waals surface area (Å²) in [5, 5.41) is 9.07. The van der Waals surface area contributed by atoms with E-state index in [0.717, 1.165) is 0 Å². The van der Waals surface area contributed by atoms with Gasteiger partial charge in [-0.05, 0) is 24.6 Å². The van der Waals surface area contributed by atoms with Crippen molar-refractivity contribution in [2.75, 3.05) is 0 Å². The molecule has 0 aliphatic carbocycles. The zero-order valence-corrected chi connectivity index (χ0v) is 10.6. The van der Waals surface area contributed by atoms with E-state index >= 15 is 0 Å². The molecule has 0 aliphatic rings. The highest BCUT2D eigenvalue weighted by Crippen LogP contribution is 2.40. The molecule has 0 amide bonds. The zero-order valence-electron chi connectivity index (χ0n) is 10.6. The molecule has 1 N–H and O–H groups in total. The Bertz CT molecular complexity index is 652. The van der Waals surface area contributed by atoms with Gasteiger partial charge in [0.15, 0.2) is 0 Å². The third-order valence-corrected chi connectivity index (χ3v) is 3.03. The summed E-state index contributed by atoms with van der Waals surface area (Å²) >= 11 is 0. The molecule has 6 heteroatoms. The number of nitrogens with zero attached hydrogens (tertiary/aromatic N) is 1. The monoisotopic (exact) mass is 283 g/mol. The Morgan fingerprint density at radius 3 is 2.60 bits per heavy atom. The zero-order chi connectivity index (χ0) is 14.9. The summed E-state index contributed by atoms with van der Waals surface area (Å²) in [5.41, 5.74) is 0.823. The topological polar surface area (TPSA) is 50.2 Å². The van der Waals surface area contributed by atoms with E-state index in [1.807, 2.05) is 0 Å². The number of alkyl halides is 3. The average Bonchev–Trinajstić information content (AvgIpc) is 2.33. The van der Waals surface area contributed by atoms with Crippen LogP contribution in [0.3, 0.4) is 0 Å². The molecule has 2 rings (SSSR count). The Morgan fingerprint density at radius 1 is 1.35 bits per heavy atom. The summed E-state index contributed by atoms with van der Waals surface area (Å²) < 4.78 is 39.4. The van der Waals surface area contributed by atoms with Crippen LogP contribution < -0.4 is 0 Å². The number of hydrogen-bond acceptors (Lipinski definition) is 2. The van der Waals surface area contributed by atoms with E-state index in [0.29, 0.717) is 16.6 Å². The van der Waals surface area contributed by atoms with Crippen molar-refractivity contribution in [3.8, 4) is 0 Å². The van der Waals surface area contributed by atoms with Crippen molar-refractivity contribution in [2.45, 2.75) is 25.4 Å². The van der Waals surface area contributed by atoms with Crippen molar-refractivity contribution < 1.29 is 23.1 Å². The number of halogens is 3. The van der Waals surface area contributed by atoms with Gasteiger partial charge in [-0.1, -0.05) is 18.2 Å². The minimum atomic E-state index is -4.62. The van der Waals surface area contributed by atoms with Crippen LogP contribution in [0.4, 0.5) is 13.2 Å². The van der Waals surface area contributed by atoms with Gasteiger partial charge in [-0.25, -0.2) is 0 Å². The summed E-state index contributed by atoms with van der Waals surface area (Å²) in [6.07, 6.45) is -5.61. The predicted octanol–water partition coefficient (Wildman–Crippen LogP) is 3.66. The second-order valence-corrected chi connectivity index (χ2v) is 4.56. The van der Waals surface area contributed by atoms with Gasteiger partial charge in [0.25, 0.3) is 0 Å². The number of aryl methyl sites for hydroxylation is 1. The summed E-state index contributed by atoms with van der Waals surface area (Å²) in [7, 11) is 0. The molecule has 0 bridgehead atoms. The quantitative estimate of drug-likeness (QED) is 0.935. The molecule has 1 unspecified atom stereocenters. The summed E-state index contributed by atoms with van der Waals surface area (Å²) in [5.74, 6) is -3.52. The molecule has 1 aromatic carbocycles. The number of rotatable bonds is 3. The van der Waals surface area contributed by atoms with Crippen LogP contribution in [-0.4, -0.2) is 22.2 Å². The summed E-state index contributed by atoms with van der Waals surface area (Å²) in [4.78, 5) is 14.9. The maximum atomic E-state index is 13.1. The van der Waals surface area contributed by atoms with E-state index in [9.17, 15) is 18.0 Å². The highest BCUT2D eigenvalue weighted by molar-refractivity contribution is 5.83. The van der Waals surface area contributed by atoms with Crippen LogP contribution in [-0.2, 0) is 4.79 Å². The molecular formula is C14H12F3NO2. The molecule has 0 aliphatic heterocycles. The standard InChI is InChI=1S/C14H12F3NO2/c1-8-6-10(9-4-2-3-5-12(9)18-8)11(7-13(19)20)14(15,16)17/h2-6,11H,7H2,1H3,(H,19,20). The number of para-hydroxylation sites is 1. The van der Waals surface area contributed by atoms with Gasteiger partial charge in [-0.2, -0.15) is 13.2 Å². The number of carboxylic acids is 1. The molecule has 20 heavy (non-hydrogen) atoms. The van der Waals surface area contributed by atoms with Gasteiger partial charge in [0.2, 0.25) is 0 Å². The summed E-state index contributed by atoms with van der Waals surface area (Å²) in [6, 6.07) is 7.73. The second-order valence-electron chi connectivity index (χ2n) is 4.56. The predicted molar refractivity (Wildman–Crippen MR) is 67.5 cm³/mol. The van der Waals surface area contributed by atoms with E-state index in [4.69, 9.17) is 5.11 Å². The van der Waals surface area contributed by atoms with Crippen LogP contribution in [0.15, 0.2) is 30.3 Å². The van der Waals surface area contributed by atoms with E-state index in [-0.39, 0.29) is 5.56 Å². The molecule has 106 valence electrons. The van der Waals surface area contributed by atoms with Crippen LogP contribution in [0.2, 0.25) is 0 Å². The third-order valence-electron chi connectivity index (χ3n) is 3.03. The molecule has 0 saturated carbocycles. The first kappa shape index (κ1) is 14.3. The molecule has 3 nitrogen and oxygen atoms in total. The first-order chi connectivity index (χ1) is 9.29. The number of fused-ring (bicyclic) bond motifs is 1. The van der Waals surface area contributed by atoms with Gasteiger partial charge in [0.1, 0.15) is 0 Å². The molecule has 0 saturated heterocycles. The first-order valence-corrected chi connectivity index (χ1v) is 5.94. The maximum Gasteiger partial charge on any atom is 0.396 e. The van der Waals surface area contributed by atoms with Crippen molar-refractivity contribution in [1.82, 2.24) is 4.98 Å². The lowest BCUT2D eigenvalue weighted by atomic mass is 9.91. The molecule has 0 radical (unpaired) electrons. The number of pyridine rings is 1.